The maximum absolute atomic E-state index is 12.0. The first kappa shape index (κ1) is 20.1. The number of unbranched alkanes of at least 4 members (excludes halogenated alkanes) is 3. The molecule has 4 heteroatoms. The molecule has 0 saturated heterocycles. The molecule has 28 heavy (non-hydrogen) atoms. The molecule has 3 rings (SSSR count). The minimum absolute atomic E-state index is 0.104. The van der Waals surface area contributed by atoms with Crippen LogP contribution in [0.4, 0.5) is 0 Å². The van der Waals surface area contributed by atoms with Crippen LogP contribution in [0.3, 0.4) is 0 Å². The molecule has 0 bridgehead atoms. The molecule has 0 aliphatic heterocycles. The van der Waals surface area contributed by atoms with Gasteiger partial charge in [-0.3, -0.25) is 4.79 Å². The summed E-state index contributed by atoms with van der Waals surface area (Å²) < 4.78 is 2.39. The van der Waals surface area contributed by atoms with Crippen molar-refractivity contribution in [3.05, 3.63) is 66.0 Å². The van der Waals surface area contributed by atoms with E-state index in [1.807, 2.05) is 30.3 Å². The average molecular weight is 378 g/mol. The van der Waals surface area contributed by atoms with Crippen LogP contribution in [0, 0.1) is 0 Å². The molecule has 0 fully saturated rings. The van der Waals surface area contributed by atoms with Crippen molar-refractivity contribution in [2.45, 2.75) is 58.4 Å². The second-order valence-corrected chi connectivity index (χ2v) is 7.34. The summed E-state index contributed by atoms with van der Waals surface area (Å²) in [6.07, 6.45) is 7.04. The summed E-state index contributed by atoms with van der Waals surface area (Å²) in [5, 5.41) is 3.03. The van der Waals surface area contributed by atoms with Crippen molar-refractivity contribution < 1.29 is 4.79 Å². The van der Waals surface area contributed by atoms with Gasteiger partial charge in [0.15, 0.2) is 0 Å². The van der Waals surface area contributed by atoms with E-state index < -0.39 is 0 Å². The number of aryl methyl sites for hydroxylation is 2. The molecule has 3 aromatic rings. The zero-order valence-corrected chi connectivity index (χ0v) is 16.9. The van der Waals surface area contributed by atoms with Crippen molar-refractivity contribution in [3.63, 3.8) is 0 Å². The number of rotatable bonds is 11. The summed E-state index contributed by atoms with van der Waals surface area (Å²) in [5.74, 6) is 1.30. The van der Waals surface area contributed by atoms with Gasteiger partial charge in [-0.1, -0.05) is 62.2 Å². The van der Waals surface area contributed by atoms with Gasteiger partial charge in [-0.15, -0.1) is 0 Å². The summed E-state index contributed by atoms with van der Waals surface area (Å²) in [6.45, 7) is 4.02. The van der Waals surface area contributed by atoms with Crippen molar-refractivity contribution in [2.24, 2.45) is 0 Å². The number of carbonyl (C=O) groups is 1. The van der Waals surface area contributed by atoms with E-state index in [0.29, 0.717) is 6.42 Å². The van der Waals surface area contributed by atoms with E-state index in [1.54, 1.807) is 0 Å². The van der Waals surface area contributed by atoms with Crippen LogP contribution >= 0.6 is 0 Å². The summed E-state index contributed by atoms with van der Waals surface area (Å²) in [6, 6.07) is 18.3. The monoisotopic (exact) mass is 377 g/mol. The van der Waals surface area contributed by atoms with Crippen LogP contribution in [0.2, 0.25) is 0 Å². The zero-order valence-electron chi connectivity index (χ0n) is 16.9. The van der Waals surface area contributed by atoms with Crippen LogP contribution in [-0.4, -0.2) is 22.0 Å². The number of carbonyl (C=O) groups excluding carboxylic acids is 1. The van der Waals surface area contributed by atoms with E-state index in [9.17, 15) is 4.79 Å². The Morgan fingerprint density at radius 3 is 2.57 bits per heavy atom. The predicted octanol–water partition coefficient (Wildman–Crippen LogP) is 4.91. The fourth-order valence-electron chi connectivity index (χ4n) is 3.54. The first-order valence-corrected chi connectivity index (χ1v) is 10.5. The Balaban J connectivity index is 1.41. The zero-order chi connectivity index (χ0) is 19.6. The van der Waals surface area contributed by atoms with Crippen LogP contribution in [0.1, 0.15) is 50.4 Å². The number of nitrogens with zero attached hydrogens (tertiary/aromatic N) is 2. The van der Waals surface area contributed by atoms with Gasteiger partial charge in [0.1, 0.15) is 5.82 Å². The van der Waals surface area contributed by atoms with E-state index in [4.69, 9.17) is 4.98 Å². The lowest BCUT2D eigenvalue weighted by Crippen LogP contribution is -2.26. The minimum Gasteiger partial charge on any atom is -0.356 e. The Kier molecular flexibility index (Phi) is 7.65. The van der Waals surface area contributed by atoms with E-state index in [0.717, 1.165) is 49.9 Å². The number of hydrogen-bond acceptors (Lipinski definition) is 2. The number of aromatic nitrogens is 2. The molecule has 0 spiro atoms. The standard InChI is InChI=1S/C24H31N3O/c1-2-3-18-27-22-15-10-9-14-21(22)26-23(27)16-8-5-11-17-25-24(28)19-20-12-6-4-7-13-20/h4,6-7,9-10,12-15H,2-3,5,8,11,16-19H2,1H3,(H,25,28). The van der Waals surface area contributed by atoms with Crippen molar-refractivity contribution in [1.29, 1.82) is 0 Å². The molecular formula is C24H31N3O. The summed E-state index contributed by atoms with van der Waals surface area (Å²) in [5.41, 5.74) is 3.41. The summed E-state index contributed by atoms with van der Waals surface area (Å²) >= 11 is 0. The average Bonchev–Trinajstić information content (AvgIpc) is 3.07. The van der Waals surface area contributed by atoms with Gasteiger partial charge in [0.25, 0.3) is 0 Å². The van der Waals surface area contributed by atoms with Crippen molar-refractivity contribution in [1.82, 2.24) is 14.9 Å². The molecule has 0 aliphatic rings. The Hall–Kier alpha value is -2.62. The van der Waals surface area contributed by atoms with Crippen molar-refractivity contribution in [3.8, 4) is 0 Å². The SMILES string of the molecule is CCCCn1c(CCCCCNC(=O)Cc2ccccc2)nc2ccccc21. The number of amides is 1. The number of hydrogen-bond donors (Lipinski definition) is 1. The molecule has 148 valence electrons. The van der Waals surface area contributed by atoms with E-state index in [2.05, 4.69) is 41.1 Å². The molecule has 1 N–H and O–H groups in total. The lowest BCUT2D eigenvalue weighted by molar-refractivity contribution is -0.120. The van der Waals surface area contributed by atoms with Crippen LogP contribution in [0.5, 0.6) is 0 Å². The van der Waals surface area contributed by atoms with Gasteiger partial charge < -0.3 is 9.88 Å². The Bertz CT molecular complexity index is 870. The highest BCUT2D eigenvalue weighted by molar-refractivity contribution is 5.78. The van der Waals surface area contributed by atoms with Gasteiger partial charge in [-0.25, -0.2) is 4.98 Å². The molecule has 1 aromatic heterocycles. The molecule has 0 saturated carbocycles. The molecule has 0 radical (unpaired) electrons. The molecule has 2 aromatic carbocycles. The molecule has 0 aliphatic carbocycles. The normalized spacial score (nSPS) is 11.0. The first-order chi connectivity index (χ1) is 13.8. The van der Waals surface area contributed by atoms with Crippen molar-refractivity contribution >= 4 is 16.9 Å². The van der Waals surface area contributed by atoms with E-state index >= 15 is 0 Å². The fraction of sp³-hybridized carbons (Fsp3) is 0.417. The van der Waals surface area contributed by atoms with Gasteiger partial charge in [-0.05, 0) is 37.0 Å². The smallest absolute Gasteiger partial charge is 0.224 e. The van der Waals surface area contributed by atoms with E-state index in [1.165, 1.54) is 24.2 Å². The van der Waals surface area contributed by atoms with Gasteiger partial charge in [0, 0.05) is 19.5 Å². The Morgan fingerprint density at radius 1 is 0.964 bits per heavy atom. The van der Waals surface area contributed by atoms with Crippen LogP contribution in [0.15, 0.2) is 54.6 Å². The number of benzene rings is 2. The third kappa shape index (κ3) is 5.69. The number of fused-ring (bicyclic) bond motifs is 1. The highest BCUT2D eigenvalue weighted by atomic mass is 16.1. The molecule has 1 heterocycles. The first-order valence-electron chi connectivity index (χ1n) is 10.5. The van der Waals surface area contributed by atoms with Crippen molar-refractivity contribution in [2.75, 3.05) is 6.54 Å². The van der Waals surface area contributed by atoms with Gasteiger partial charge in [0.05, 0.1) is 17.5 Å². The molecular weight excluding hydrogens is 346 g/mol. The number of nitrogens with one attached hydrogen (secondary N) is 1. The molecule has 4 nitrogen and oxygen atoms in total. The Morgan fingerprint density at radius 2 is 1.75 bits per heavy atom. The van der Waals surface area contributed by atoms with Crippen LogP contribution in [-0.2, 0) is 24.2 Å². The maximum atomic E-state index is 12.0. The highest BCUT2D eigenvalue weighted by Gasteiger charge is 2.09. The predicted molar refractivity (Wildman–Crippen MR) is 115 cm³/mol. The number of para-hydroxylation sites is 2. The van der Waals surface area contributed by atoms with Crippen LogP contribution < -0.4 is 5.32 Å². The van der Waals surface area contributed by atoms with Crippen LogP contribution in [0.25, 0.3) is 11.0 Å². The third-order valence-electron chi connectivity index (χ3n) is 5.08. The van der Waals surface area contributed by atoms with E-state index in [-0.39, 0.29) is 5.91 Å². The lowest BCUT2D eigenvalue weighted by atomic mass is 10.1. The lowest BCUT2D eigenvalue weighted by Gasteiger charge is -2.09. The largest absolute Gasteiger partial charge is 0.356 e. The van der Waals surface area contributed by atoms with Gasteiger partial charge in [0.2, 0.25) is 5.91 Å². The second-order valence-electron chi connectivity index (χ2n) is 7.34. The fourth-order valence-corrected chi connectivity index (χ4v) is 3.54. The minimum atomic E-state index is 0.104. The molecule has 0 unspecified atom stereocenters. The Labute approximate surface area is 168 Å². The van der Waals surface area contributed by atoms with Gasteiger partial charge >= 0.3 is 0 Å². The number of imidazole rings is 1. The second kappa shape index (κ2) is 10.6. The molecule has 1 amide bonds. The summed E-state index contributed by atoms with van der Waals surface area (Å²) in [4.78, 5) is 16.8. The maximum Gasteiger partial charge on any atom is 0.224 e. The topological polar surface area (TPSA) is 46.9 Å². The highest BCUT2D eigenvalue weighted by Crippen LogP contribution is 2.18. The van der Waals surface area contributed by atoms with Gasteiger partial charge in [-0.2, -0.15) is 0 Å². The quantitative estimate of drug-likeness (QED) is 0.483. The summed E-state index contributed by atoms with van der Waals surface area (Å²) in [7, 11) is 0. The molecule has 0 atom stereocenters. The third-order valence-corrected chi connectivity index (χ3v) is 5.08.